The maximum Gasteiger partial charge on any atom is 0.231 e. The smallest absolute Gasteiger partial charge is 0.231 e. The quantitative estimate of drug-likeness (QED) is 0.878. The van der Waals surface area contributed by atoms with Gasteiger partial charge in [0.15, 0.2) is 11.5 Å². The Morgan fingerprint density at radius 1 is 1.28 bits per heavy atom. The average Bonchev–Trinajstić information content (AvgIpc) is 2.84. The normalized spacial score (nSPS) is 23.3. The molecular formula is C14H20N2O2. The molecule has 0 radical (unpaired) electrons. The fourth-order valence-electron chi connectivity index (χ4n) is 2.68. The standard InChI is InChI=1S/C14H20N2O2/c15-12-2-1-6-16(9-12)7-5-11-3-4-13-14(8-11)18-10-17-13/h3-4,8,12H,1-2,5-7,9-10,15H2. The number of nitrogens with zero attached hydrogens (tertiary/aromatic N) is 1. The average molecular weight is 248 g/mol. The Morgan fingerprint density at radius 3 is 3.06 bits per heavy atom. The van der Waals surface area contributed by atoms with Gasteiger partial charge in [0.1, 0.15) is 0 Å². The van der Waals surface area contributed by atoms with Crippen molar-refractivity contribution >= 4 is 0 Å². The highest BCUT2D eigenvalue weighted by molar-refractivity contribution is 5.44. The minimum atomic E-state index is 0.347. The van der Waals surface area contributed by atoms with Gasteiger partial charge in [-0.3, -0.25) is 0 Å². The third kappa shape index (κ3) is 2.60. The van der Waals surface area contributed by atoms with Crippen molar-refractivity contribution in [3.8, 4) is 11.5 Å². The van der Waals surface area contributed by atoms with Crippen molar-refractivity contribution in [1.29, 1.82) is 0 Å². The lowest BCUT2D eigenvalue weighted by molar-refractivity contribution is 0.174. The first-order chi connectivity index (χ1) is 8.81. The number of piperidine rings is 1. The van der Waals surface area contributed by atoms with Gasteiger partial charge in [-0.1, -0.05) is 6.07 Å². The highest BCUT2D eigenvalue weighted by atomic mass is 16.7. The van der Waals surface area contributed by atoms with E-state index in [-0.39, 0.29) is 0 Å². The number of ether oxygens (including phenoxy) is 2. The SMILES string of the molecule is NC1CCCN(CCc2ccc3c(c2)OCO3)C1. The Hall–Kier alpha value is -1.26. The predicted molar refractivity (Wildman–Crippen MR) is 69.9 cm³/mol. The zero-order valence-electron chi connectivity index (χ0n) is 10.6. The van der Waals surface area contributed by atoms with Crippen LogP contribution in [0.3, 0.4) is 0 Å². The lowest BCUT2D eigenvalue weighted by Crippen LogP contribution is -2.43. The molecule has 1 saturated heterocycles. The second kappa shape index (κ2) is 5.16. The molecule has 0 saturated carbocycles. The molecule has 1 atom stereocenters. The summed E-state index contributed by atoms with van der Waals surface area (Å²) in [6.07, 6.45) is 3.44. The lowest BCUT2D eigenvalue weighted by atomic mass is 10.1. The minimum absolute atomic E-state index is 0.347. The van der Waals surface area contributed by atoms with Crippen molar-refractivity contribution in [2.75, 3.05) is 26.4 Å². The van der Waals surface area contributed by atoms with Crippen molar-refractivity contribution in [2.45, 2.75) is 25.3 Å². The van der Waals surface area contributed by atoms with E-state index in [9.17, 15) is 0 Å². The molecule has 0 spiro atoms. The molecule has 0 aliphatic carbocycles. The number of hydrogen-bond acceptors (Lipinski definition) is 4. The van der Waals surface area contributed by atoms with Crippen LogP contribution < -0.4 is 15.2 Å². The largest absolute Gasteiger partial charge is 0.454 e. The molecule has 4 nitrogen and oxygen atoms in total. The molecule has 2 aliphatic heterocycles. The van der Waals surface area contributed by atoms with Crippen molar-refractivity contribution < 1.29 is 9.47 Å². The van der Waals surface area contributed by atoms with Crippen LogP contribution in [-0.4, -0.2) is 37.4 Å². The Labute approximate surface area is 108 Å². The summed E-state index contributed by atoms with van der Waals surface area (Å²) in [7, 11) is 0. The Kier molecular flexibility index (Phi) is 3.39. The fourth-order valence-corrected chi connectivity index (χ4v) is 2.68. The molecule has 2 heterocycles. The first kappa shape index (κ1) is 11.8. The van der Waals surface area contributed by atoms with Gasteiger partial charge in [-0.25, -0.2) is 0 Å². The molecule has 1 fully saturated rings. The van der Waals surface area contributed by atoms with Crippen LogP contribution in [0.4, 0.5) is 0 Å². The molecular weight excluding hydrogens is 228 g/mol. The summed E-state index contributed by atoms with van der Waals surface area (Å²) in [5, 5.41) is 0. The van der Waals surface area contributed by atoms with Gasteiger partial charge < -0.3 is 20.1 Å². The highest BCUT2D eigenvalue weighted by Gasteiger charge is 2.17. The summed E-state index contributed by atoms with van der Waals surface area (Å²) in [4.78, 5) is 2.46. The lowest BCUT2D eigenvalue weighted by Gasteiger charge is -2.30. The second-order valence-electron chi connectivity index (χ2n) is 5.14. The first-order valence-corrected chi connectivity index (χ1v) is 6.68. The van der Waals surface area contributed by atoms with Crippen molar-refractivity contribution in [2.24, 2.45) is 5.73 Å². The molecule has 0 amide bonds. The van der Waals surface area contributed by atoms with Gasteiger partial charge in [-0.05, 0) is 43.5 Å². The Balaban J connectivity index is 1.56. The summed E-state index contributed by atoms with van der Waals surface area (Å²) < 4.78 is 10.7. The maximum atomic E-state index is 5.99. The van der Waals surface area contributed by atoms with Crippen LogP contribution in [0.15, 0.2) is 18.2 Å². The van der Waals surface area contributed by atoms with Gasteiger partial charge in [-0.2, -0.15) is 0 Å². The summed E-state index contributed by atoms with van der Waals surface area (Å²) in [6, 6.07) is 6.57. The van der Waals surface area contributed by atoms with Crippen LogP contribution in [0.2, 0.25) is 0 Å². The molecule has 1 aromatic rings. The van der Waals surface area contributed by atoms with E-state index in [1.54, 1.807) is 0 Å². The van der Waals surface area contributed by atoms with E-state index in [4.69, 9.17) is 15.2 Å². The summed E-state index contributed by atoms with van der Waals surface area (Å²) >= 11 is 0. The molecule has 1 aromatic carbocycles. The third-order valence-electron chi connectivity index (χ3n) is 3.70. The summed E-state index contributed by atoms with van der Waals surface area (Å²) in [6.45, 7) is 3.63. The summed E-state index contributed by atoms with van der Waals surface area (Å²) in [5.74, 6) is 1.74. The topological polar surface area (TPSA) is 47.7 Å². The van der Waals surface area contributed by atoms with Crippen LogP contribution >= 0.6 is 0 Å². The molecule has 0 bridgehead atoms. The highest BCUT2D eigenvalue weighted by Crippen LogP contribution is 2.32. The van der Waals surface area contributed by atoms with Gasteiger partial charge in [-0.15, -0.1) is 0 Å². The molecule has 0 aromatic heterocycles. The van der Waals surface area contributed by atoms with Crippen LogP contribution in [0.1, 0.15) is 18.4 Å². The Bertz CT molecular complexity index is 422. The minimum Gasteiger partial charge on any atom is -0.454 e. The molecule has 98 valence electrons. The molecule has 3 rings (SSSR count). The number of benzene rings is 1. The number of hydrogen-bond donors (Lipinski definition) is 1. The molecule has 18 heavy (non-hydrogen) atoms. The zero-order valence-corrected chi connectivity index (χ0v) is 10.6. The number of nitrogens with two attached hydrogens (primary N) is 1. The molecule has 1 unspecified atom stereocenters. The summed E-state index contributed by atoms with van der Waals surface area (Å²) in [5.41, 5.74) is 7.29. The van der Waals surface area contributed by atoms with Crippen LogP contribution in [0.5, 0.6) is 11.5 Å². The number of rotatable bonds is 3. The van der Waals surface area contributed by atoms with Gasteiger partial charge >= 0.3 is 0 Å². The zero-order chi connectivity index (χ0) is 12.4. The van der Waals surface area contributed by atoms with Gasteiger partial charge in [0.25, 0.3) is 0 Å². The first-order valence-electron chi connectivity index (χ1n) is 6.68. The van der Waals surface area contributed by atoms with Gasteiger partial charge in [0.05, 0.1) is 0 Å². The predicted octanol–water partition coefficient (Wildman–Crippen LogP) is 1.38. The number of fused-ring (bicyclic) bond motifs is 1. The van der Waals surface area contributed by atoms with E-state index < -0.39 is 0 Å². The van der Waals surface area contributed by atoms with Gasteiger partial charge in [0.2, 0.25) is 6.79 Å². The van der Waals surface area contributed by atoms with E-state index in [0.29, 0.717) is 12.8 Å². The third-order valence-corrected chi connectivity index (χ3v) is 3.70. The molecule has 2 aliphatic rings. The monoisotopic (exact) mass is 248 g/mol. The van der Waals surface area contributed by atoms with Crippen LogP contribution in [0.25, 0.3) is 0 Å². The van der Waals surface area contributed by atoms with Crippen molar-refractivity contribution in [1.82, 2.24) is 4.90 Å². The van der Waals surface area contributed by atoms with Gasteiger partial charge in [0, 0.05) is 19.1 Å². The molecule has 4 heteroatoms. The Morgan fingerprint density at radius 2 is 2.17 bits per heavy atom. The van der Waals surface area contributed by atoms with Crippen LogP contribution in [0, 0.1) is 0 Å². The van der Waals surface area contributed by atoms with Crippen molar-refractivity contribution in [3.63, 3.8) is 0 Å². The van der Waals surface area contributed by atoms with Crippen LogP contribution in [-0.2, 0) is 6.42 Å². The number of likely N-dealkylation sites (tertiary alicyclic amines) is 1. The van der Waals surface area contributed by atoms with E-state index >= 15 is 0 Å². The molecule has 2 N–H and O–H groups in total. The fraction of sp³-hybridized carbons (Fsp3) is 0.571. The van der Waals surface area contributed by atoms with E-state index in [1.807, 2.05) is 6.07 Å². The van der Waals surface area contributed by atoms with E-state index in [1.165, 1.54) is 24.9 Å². The van der Waals surface area contributed by atoms with E-state index in [0.717, 1.165) is 31.0 Å². The second-order valence-corrected chi connectivity index (χ2v) is 5.14. The van der Waals surface area contributed by atoms with Crippen molar-refractivity contribution in [3.05, 3.63) is 23.8 Å². The maximum absolute atomic E-state index is 5.99. The van der Waals surface area contributed by atoms with E-state index in [2.05, 4.69) is 17.0 Å².